The molecule has 0 bridgehead atoms. The second kappa shape index (κ2) is 4.00. The summed E-state index contributed by atoms with van der Waals surface area (Å²) in [4.78, 5) is 10.3. The topological polar surface area (TPSA) is 57.5 Å². The van der Waals surface area contributed by atoms with E-state index in [1.54, 1.807) is 0 Å². The van der Waals surface area contributed by atoms with Gasteiger partial charge < -0.3 is 10.2 Å². The number of halogens is 1. The predicted molar refractivity (Wildman–Crippen MR) is 43.7 cm³/mol. The fourth-order valence-corrected chi connectivity index (χ4v) is 1.03. The minimum absolute atomic E-state index is 0.124. The highest BCUT2D eigenvalue weighted by atomic mass is 19.1. The van der Waals surface area contributed by atoms with Gasteiger partial charge in [-0.25, -0.2) is 4.39 Å². The molecule has 0 saturated heterocycles. The van der Waals surface area contributed by atoms with Gasteiger partial charge in [-0.2, -0.15) is 0 Å². The van der Waals surface area contributed by atoms with E-state index in [0.29, 0.717) is 5.56 Å². The first-order chi connectivity index (χ1) is 6.13. The van der Waals surface area contributed by atoms with Crippen LogP contribution in [0, 0.1) is 5.82 Å². The van der Waals surface area contributed by atoms with Crippen molar-refractivity contribution in [3.05, 3.63) is 35.1 Å². The van der Waals surface area contributed by atoms with Crippen LogP contribution < -0.4 is 0 Å². The van der Waals surface area contributed by atoms with Crippen LogP contribution in [0.15, 0.2) is 18.2 Å². The Bertz CT molecular complexity index is 323. The van der Waals surface area contributed by atoms with Gasteiger partial charge in [-0.05, 0) is 17.7 Å². The SMILES string of the molecule is O=C(O)Cc1ccc(F)c(CO)c1. The summed E-state index contributed by atoms with van der Waals surface area (Å²) in [5, 5.41) is 17.1. The lowest BCUT2D eigenvalue weighted by Crippen LogP contribution is -2.01. The summed E-state index contributed by atoms with van der Waals surface area (Å²) in [5.41, 5.74) is 0.608. The van der Waals surface area contributed by atoms with Gasteiger partial charge in [-0.15, -0.1) is 0 Å². The van der Waals surface area contributed by atoms with Crippen molar-refractivity contribution in [3.63, 3.8) is 0 Å². The van der Waals surface area contributed by atoms with Gasteiger partial charge in [0.1, 0.15) is 5.82 Å². The molecule has 0 aromatic heterocycles. The van der Waals surface area contributed by atoms with Crippen molar-refractivity contribution in [1.29, 1.82) is 0 Å². The predicted octanol–water partition coefficient (Wildman–Crippen LogP) is 0.945. The second-order valence-corrected chi connectivity index (χ2v) is 2.65. The zero-order valence-electron chi connectivity index (χ0n) is 6.83. The maximum absolute atomic E-state index is 12.8. The first-order valence-electron chi connectivity index (χ1n) is 3.73. The minimum atomic E-state index is -0.976. The standard InChI is InChI=1S/C9H9FO3/c10-8-2-1-6(4-9(12)13)3-7(8)5-11/h1-3,11H,4-5H2,(H,12,13). The molecule has 0 aliphatic heterocycles. The summed E-state index contributed by atoms with van der Waals surface area (Å²) in [6.07, 6.45) is -0.159. The highest BCUT2D eigenvalue weighted by molar-refractivity contribution is 5.70. The molecule has 0 aliphatic carbocycles. The van der Waals surface area contributed by atoms with Crippen molar-refractivity contribution >= 4 is 5.97 Å². The lowest BCUT2D eigenvalue weighted by molar-refractivity contribution is -0.136. The largest absolute Gasteiger partial charge is 0.481 e. The zero-order chi connectivity index (χ0) is 9.84. The number of carboxylic acid groups (broad SMARTS) is 1. The van der Waals surface area contributed by atoms with E-state index in [4.69, 9.17) is 10.2 Å². The van der Waals surface area contributed by atoms with E-state index >= 15 is 0 Å². The Labute approximate surface area is 74.4 Å². The highest BCUT2D eigenvalue weighted by Gasteiger charge is 2.04. The molecule has 0 amide bonds. The quantitative estimate of drug-likeness (QED) is 0.735. The average Bonchev–Trinajstić information content (AvgIpc) is 2.07. The van der Waals surface area contributed by atoms with E-state index in [1.165, 1.54) is 12.1 Å². The van der Waals surface area contributed by atoms with Crippen molar-refractivity contribution in [1.82, 2.24) is 0 Å². The lowest BCUT2D eigenvalue weighted by Gasteiger charge is -2.01. The molecule has 0 unspecified atom stereocenters. The van der Waals surface area contributed by atoms with Crippen LogP contribution in [-0.4, -0.2) is 16.2 Å². The molecule has 0 aliphatic rings. The Hall–Kier alpha value is -1.42. The molecular weight excluding hydrogens is 175 g/mol. The van der Waals surface area contributed by atoms with Crippen molar-refractivity contribution in [3.8, 4) is 0 Å². The molecule has 4 heteroatoms. The number of aliphatic hydroxyl groups excluding tert-OH is 1. The van der Waals surface area contributed by atoms with Gasteiger partial charge in [-0.1, -0.05) is 6.07 Å². The van der Waals surface area contributed by atoms with Crippen LogP contribution in [0.3, 0.4) is 0 Å². The van der Waals surface area contributed by atoms with Crippen LogP contribution in [0.5, 0.6) is 0 Å². The molecule has 70 valence electrons. The Morgan fingerprint density at radius 2 is 2.15 bits per heavy atom. The molecule has 0 fully saturated rings. The number of benzene rings is 1. The molecule has 0 radical (unpaired) electrons. The van der Waals surface area contributed by atoms with Crippen LogP contribution >= 0.6 is 0 Å². The second-order valence-electron chi connectivity index (χ2n) is 2.65. The number of aliphatic carboxylic acids is 1. The fraction of sp³-hybridized carbons (Fsp3) is 0.222. The number of carbonyl (C=O) groups is 1. The van der Waals surface area contributed by atoms with Gasteiger partial charge in [0.2, 0.25) is 0 Å². The Morgan fingerprint density at radius 1 is 1.46 bits per heavy atom. The molecule has 3 nitrogen and oxygen atoms in total. The van der Waals surface area contributed by atoms with E-state index in [-0.39, 0.29) is 12.0 Å². The third-order valence-electron chi connectivity index (χ3n) is 1.64. The molecule has 13 heavy (non-hydrogen) atoms. The first-order valence-corrected chi connectivity index (χ1v) is 3.73. The van der Waals surface area contributed by atoms with Crippen molar-refractivity contribution in [2.45, 2.75) is 13.0 Å². The zero-order valence-corrected chi connectivity index (χ0v) is 6.83. The molecule has 1 aromatic carbocycles. The minimum Gasteiger partial charge on any atom is -0.481 e. The monoisotopic (exact) mass is 184 g/mol. The van der Waals surface area contributed by atoms with E-state index in [0.717, 1.165) is 6.07 Å². The summed E-state index contributed by atoms with van der Waals surface area (Å²) < 4.78 is 12.8. The third kappa shape index (κ3) is 2.52. The summed E-state index contributed by atoms with van der Waals surface area (Å²) in [5.74, 6) is -1.49. The average molecular weight is 184 g/mol. The molecule has 0 atom stereocenters. The smallest absolute Gasteiger partial charge is 0.307 e. The molecule has 0 spiro atoms. The number of carboxylic acids is 1. The number of aliphatic hydroxyl groups is 1. The van der Waals surface area contributed by atoms with Gasteiger partial charge in [0.25, 0.3) is 0 Å². The normalized spacial score (nSPS) is 10.0. The maximum atomic E-state index is 12.8. The van der Waals surface area contributed by atoms with Gasteiger partial charge in [0.05, 0.1) is 13.0 Å². The number of rotatable bonds is 3. The summed E-state index contributed by atoms with van der Waals surface area (Å²) in [7, 11) is 0. The van der Waals surface area contributed by atoms with Crippen LogP contribution in [0.4, 0.5) is 4.39 Å². The van der Waals surface area contributed by atoms with Crippen LogP contribution in [-0.2, 0) is 17.8 Å². The Morgan fingerprint density at radius 3 is 2.69 bits per heavy atom. The first kappa shape index (κ1) is 9.67. The maximum Gasteiger partial charge on any atom is 0.307 e. The molecule has 1 rings (SSSR count). The molecule has 1 aromatic rings. The van der Waals surface area contributed by atoms with E-state index in [2.05, 4.69) is 0 Å². The Balaban J connectivity index is 2.92. The van der Waals surface area contributed by atoms with Crippen molar-refractivity contribution < 1.29 is 19.4 Å². The molecule has 0 heterocycles. The number of hydrogen-bond donors (Lipinski definition) is 2. The van der Waals surface area contributed by atoms with E-state index in [1.807, 2.05) is 0 Å². The highest BCUT2D eigenvalue weighted by Crippen LogP contribution is 2.10. The lowest BCUT2D eigenvalue weighted by atomic mass is 10.1. The van der Waals surface area contributed by atoms with Crippen molar-refractivity contribution in [2.24, 2.45) is 0 Å². The van der Waals surface area contributed by atoms with Crippen LogP contribution in [0.25, 0.3) is 0 Å². The fourth-order valence-electron chi connectivity index (χ4n) is 1.03. The number of hydrogen-bond acceptors (Lipinski definition) is 2. The summed E-state index contributed by atoms with van der Waals surface area (Å²) in [6.45, 7) is -0.417. The van der Waals surface area contributed by atoms with Crippen molar-refractivity contribution in [2.75, 3.05) is 0 Å². The van der Waals surface area contributed by atoms with Gasteiger partial charge in [0, 0.05) is 5.56 Å². The third-order valence-corrected chi connectivity index (χ3v) is 1.64. The summed E-state index contributed by atoms with van der Waals surface area (Å²) in [6, 6.07) is 3.90. The van der Waals surface area contributed by atoms with Gasteiger partial charge in [-0.3, -0.25) is 4.79 Å². The summed E-state index contributed by atoms with van der Waals surface area (Å²) >= 11 is 0. The van der Waals surface area contributed by atoms with Crippen LogP contribution in [0.1, 0.15) is 11.1 Å². The van der Waals surface area contributed by atoms with Gasteiger partial charge >= 0.3 is 5.97 Å². The molecule has 0 saturated carbocycles. The molecule has 2 N–H and O–H groups in total. The van der Waals surface area contributed by atoms with E-state index in [9.17, 15) is 9.18 Å². The van der Waals surface area contributed by atoms with E-state index < -0.39 is 18.4 Å². The Kier molecular flexibility index (Phi) is 2.97. The van der Waals surface area contributed by atoms with Crippen LogP contribution in [0.2, 0.25) is 0 Å². The van der Waals surface area contributed by atoms with Gasteiger partial charge in [0.15, 0.2) is 0 Å². The molecular formula is C9H9FO3.